The molecule has 0 bridgehead atoms. The highest BCUT2D eigenvalue weighted by atomic mass is 16.6. The minimum Gasteiger partial charge on any atom is -0.392 e. The fraction of sp³-hybridized carbons (Fsp3) is 0.677. The van der Waals surface area contributed by atoms with Crippen LogP contribution in [-0.4, -0.2) is 94.2 Å². The number of nitrogens with two attached hydrogens (primary N) is 1. The number of benzene rings is 1. The van der Waals surface area contributed by atoms with Crippen molar-refractivity contribution in [2.24, 2.45) is 17.6 Å². The first-order chi connectivity index (χ1) is 21.2. The summed E-state index contributed by atoms with van der Waals surface area (Å²) in [6.07, 6.45) is 1.71. The van der Waals surface area contributed by atoms with Crippen LogP contribution < -0.4 is 21.7 Å². The molecule has 0 aromatic heterocycles. The number of aliphatic hydroxyl groups excluding tert-OH is 1. The Kier molecular flexibility index (Phi) is 21.5. The molecule has 0 aliphatic heterocycles. The second-order valence-corrected chi connectivity index (χ2v) is 10.6. The molecule has 4 amide bonds. The van der Waals surface area contributed by atoms with Crippen LogP contribution in [0.4, 0.5) is 10.5 Å². The van der Waals surface area contributed by atoms with Crippen LogP contribution in [0.5, 0.6) is 0 Å². The normalized spacial score (nSPS) is 12.5. The molecule has 250 valence electrons. The molecule has 13 nitrogen and oxygen atoms in total. The van der Waals surface area contributed by atoms with E-state index in [1.165, 1.54) is 0 Å². The molecular weight excluding hydrogens is 572 g/mol. The maximum Gasteiger partial charge on any atom is 0.312 e. The number of ketones is 1. The summed E-state index contributed by atoms with van der Waals surface area (Å²) >= 11 is 0. The van der Waals surface area contributed by atoms with Crippen LogP contribution in [-0.2, 0) is 39.9 Å². The summed E-state index contributed by atoms with van der Waals surface area (Å²) in [4.78, 5) is 50.1. The van der Waals surface area contributed by atoms with Crippen LogP contribution >= 0.6 is 0 Å². The summed E-state index contributed by atoms with van der Waals surface area (Å²) in [5.41, 5.74) is 6.36. The van der Waals surface area contributed by atoms with Crippen LogP contribution in [0.15, 0.2) is 24.3 Å². The van der Waals surface area contributed by atoms with E-state index in [0.29, 0.717) is 63.7 Å². The first-order valence-corrected chi connectivity index (χ1v) is 15.3. The van der Waals surface area contributed by atoms with Gasteiger partial charge in [-0.3, -0.25) is 14.4 Å². The zero-order valence-corrected chi connectivity index (χ0v) is 26.4. The van der Waals surface area contributed by atoms with E-state index in [4.69, 9.17) is 24.7 Å². The van der Waals surface area contributed by atoms with Gasteiger partial charge in [-0.15, -0.1) is 0 Å². The van der Waals surface area contributed by atoms with Crippen molar-refractivity contribution < 1.29 is 43.2 Å². The molecule has 0 radical (unpaired) electrons. The van der Waals surface area contributed by atoms with E-state index >= 15 is 0 Å². The Morgan fingerprint density at radius 1 is 0.864 bits per heavy atom. The zero-order chi connectivity index (χ0) is 32.6. The van der Waals surface area contributed by atoms with Crippen LogP contribution in [0.3, 0.4) is 0 Å². The Morgan fingerprint density at radius 2 is 1.43 bits per heavy atom. The number of rotatable bonds is 26. The van der Waals surface area contributed by atoms with Gasteiger partial charge in [0.25, 0.3) is 0 Å². The SMILES string of the molecule is CCCOCCOCCOCCOCCC(=O)N[C@H](C(=O)C[C@@H](CCCNC(N)=O)C(=O)Nc1ccc(CO)cc1)C(C)C. The van der Waals surface area contributed by atoms with E-state index < -0.39 is 18.0 Å². The number of hydrogen-bond donors (Lipinski definition) is 5. The van der Waals surface area contributed by atoms with Crippen molar-refractivity contribution in [3.8, 4) is 0 Å². The summed E-state index contributed by atoms with van der Waals surface area (Å²) in [7, 11) is 0. The topological polar surface area (TPSA) is 188 Å². The average Bonchev–Trinajstić information content (AvgIpc) is 2.99. The number of urea groups is 1. The Hall–Kier alpha value is -3.10. The van der Waals surface area contributed by atoms with E-state index in [9.17, 15) is 24.3 Å². The van der Waals surface area contributed by atoms with Crippen molar-refractivity contribution in [2.45, 2.75) is 65.5 Å². The molecule has 44 heavy (non-hydrogen) atoms. The number of carbonyl (C=O) groups is 4. The van der Waals surface area contributed by atoms with Gasteiger partial charge in [-0.05, 0) is 42.9 Å². The zero-order valence-electron chi connectivity index (χ0n) is 26.4. The lowest BCUT2D eigenvalue weighted by atomic mass is 9.89. The number of aliphatic hydroxyl groups is 1. The standard InChI is InChI=1S/C31H52N4O9/c1-4-13-41-15-17-43-19-20-44-18-16-42-14-11-28(38)35-29(23(2)3)27(37)21-25(6-5-12-33-31(32)40)30(39)34-26-9-7-24(22-36)8-10-26/h7-10,23,25,29,36H,4-6,11-22H2,1-3H3,(H,34,39)(H,35,38)(H3,32,33,40)/t25-,29+/m1/s1. The van der Waals surface area contributed by atoms with Crippen LogP contribution in [0, 0.1) is 11.8 Å². The maximum atomic E-state index is 13.3. The lowest BCUT2D eigenvalue weighted by Crippen LogP contribution is -2.45. The molecule has 2 atom stereocenters. The van der Waals surface area contributed by atoms with E-state index in [1.807, 2.05) is 13.8 Å². The van der Waals surface area contributed by atoms with Gasteiger partial charge >= 0.3 is 6.03 Å². The lowest BCUT2D eigenvalue weighted by molar-refractivity contribution is -0.131. The molecule has 0 fully saturated rings. The van der Waals surface area contributed by atoms with E-state index in [0.717, 1.165) is 13.0 Å². The monoisotopic (exact) mass is 624 g/mol. The van der Waals surface area contributed by atoms with E-state index in [1.54, 1.807) is 24.3 Å². The third kappa shape index (κ3) is 18.5. The summed E-state index contributed by atoms with van der Waals surface area (Å²) in [5, 5.41) is 17.3. The van der Waals surface area contributed by atoms with Gasteiger partial charge in [0.05, 0.1) is 58.9 Å². The van der Waals surface area contributed by atoms with Gasteiger partial charge in [-0.25, -0.2) is 4.79 Å². The third-order valence-corrected chi connectivity index (χ3v) is 6.52. The first-order valence-electron chi connectivity index (χ1n) is 15.3. The van der Waals surface area contributed by atoms with E-state index in [-0.39, 0.29) is 56.1 Å². The van der Waals surface area contributed by atoms with Crippen molar-refractivity contribution in [1.29, 1.82) is 0 Å². The highest BCUT2D eigenvalue weighted by molar-refractivity contribution is 5.97. The van der Waals surface area contributed by atoms with Crippen molar-refractivity contribution in [3.05, 3.63) is 29.8 Å². The van der Waals surface area contributed by atoms with Gasteiger partial charge in [0, 0.05) is 37.6 Å². The minimum absolute atomic E-state index is 0.0733. The van der Waals surface area contributed by atoms with Crippen LogP contribution in [0.25, 0.3) is 0 Å². The lowest BCUT2D eigenvalue weighted by Gasteiger charge is -2.24. The molecule has 0 unspecified atom stereocenters. The summed E-state index contributed by atoms with van der Waals surface area (Å²) < 4.78 is 21.6. The third-order valence-electron chi connectivity index (χ3n) is 6.52. The summed E-state index contributed by atoms with van der Waals surface area (Å²) in [6, 6.07) is 5.28. The van der Waals surface area contributed by atoms with Crippen LogP contribution in [0.2, 0.25) is 0 Å². The van der Waals surface area contributed by atoms with Gasteiger partial charge in [0.2, 0.25) is 11.8 Å². The molecule has 6 N–H and O–H groups in total. The second-order valence-electron chi connectivity index (χ2n) is 10.6. The van der Waals surface area contributed by atoms with E-state index in [2.05, 4.69) is 22.9 Å². The highest BCUT2D eigenvalue weighted by Gasteiger charge is 2.29. The first kappa shape index (κ1) is 38.9. The van der Waals surface area contributed by atoms with Gasteiger partial charge in [0.1, 0.15) is 0 Å². The van der Waals surface area contributed by atoms with Gasteiger partial charge in [0.15, 0.2) is 5.78 Å². The fourth-order valence-corrected chi connectivity index (χ4v) is 4.13. The number of nitrogens with one attached hydrogen (secondary N) is 3. The molecule has 1 rings (SSSR count). The molecule has 0 saturated heterocycles. The smallest absolute Gasteiger partial charge is 0.312 e. The Bertz CT molecular complexity index is 960. The van der Waals surface area contributed by atoms with Crippen molar-refractivity contribution in [3.63, 3.8) is 0 Å². The van der Waals surface area contributed by atoms with Crippen molar-refractivity contribution in [2.75, 3.05) is 64.7 Å². The average molecular weight is 625 g/mol. The molecule has 0 aliphatic rings. The number of ether oxygens (including phenoxy) is 4. The molecule has 1 aromatic carbocycles. The van der Waals surface area contributed by atoms with Crippen molar-refractivity contribution in [1.82, 2.24) is 10.6 Å². The molecule has 0 aliphatic carbocycles. The number of anilines is 1. The summed E-state index contributed by atoms with van der Waals surface area (Å²) in [6.45, 7) is 9.43. The predicted molar refractivity (Wildman–Crippen MR) is 166 cm³/mol. The van der Waals surface area contributed by atoms with Crippen molar-refractivity contribution >= 4 is 29.3 Å². The van der Waals surface area contributed by atoms with Gasteiger partial charge in [-0.2, -0.15) is 0 Å². The number of carbonyl (C=O) groups excluding carboxylic acids is 4. The molecule has 13 heteroatoms. The quantitative estimate of drug-likeness (QED) is 0.0963. The molecular formula is C31H52N4O9. The van der Waals surface area contributed by atoms with Gasteiger partial charge in [-0.1, -0.05) is 32.9 Å². The second kappa shape index (κ2) is 24.2. The molecule has 0 spiro atoms. The Balaban J connectivity index is 2.51. The Morgan fingerprint density at radius 3 is 1.95 bits per heavy atom. The number of primary amides is 1. The molecule has 0 saturated carbocycles. The van der Waals surface area contributed by atoms with Crippen LogP contribution in [0.1, 0.15) is 58.4 Å². The number of hydrogen-bond acceptors (Lipinski definition) is 9. The summed E-state index contributed by atoms with van der Waals surface area (Å²) in [5.74, 6) is -1.85. The minimum atomic E-state index is -0.777. The predicted octanol–water partition coefficient (Wildman–Crippen LogP) is 2.15. The molecule has 0 heterocycles. The largest absolute Gasteiger partial charge is 0.392 e. The van der Waals surface area contributed by atoms with Gasteiger partial charge < -0.3 is 45.7 Å². The molecule has 1 aromatic rings. The maximum absolute atomic E-state index is 13.3. The Labute approximate surface area is 260 Å². The number of Topliss-reactive ketones (excluding diaryl/α,β-unsaturated/α-hetero) is 1. The number of amides is 4. The fourth-order valence-electron chi connectivity index (χ4n) is 4.13. The highest BCUT2D eigenvalue weighted by Crippen LogP contribution is 2.19.